The predicted octanol–water partition coefficient (Wildman–Crippen LogP) is 3.51. The molecule has 2 atom stereocenters. The number of benzene rings is 2. The number of hydrogen-bond donors (Lipinski definition) is 1. The van der Waals surface area contributed by atoms with Crippen LogP contribution in [0.4, 0.5) is 8.78 Å². The van der Waals surface area contributed by atoms with E-state index in [1.165, 1.54) is 28.7 Å². The van der Waals surface area contributed by atoms with Gasteiger partial charge in [0.15, 0.2) is 23.1 Å². The summed E-state index contributed by atoms with van der Waals surface area (Å²) in [6.45, 7) is 0.520. The average Bonchev–Trinajstić information content (AvgIpc) is 3.66. The van der Waals surface area contributed by atoms with E-state index in [2.05, 4.69) is 0 Å². The molecule has 2 aromatic carbocycles. The first-order chi connectivity index (χ1) is 17.4. The van der Waals surface area contributed by atoms with E-state index in [4.69, 9.17) is 4.74 Å². The number of carbonyl (C=O) groups excluding carboxylic acids is 1. The molecule has 7 nitrogen and oxygen atoms in total. The van der Waals surface area contributed by atoms with Crippen molar-refractivity contribution in [3.8, 4) is 5.75 Å². The molecule has 1 amide bonds. The highest BCUT2D eigenvalue weighted by atomic mass is 32.2. The molecule has 4 heterocycles. The standard InChI is InChI=1S/C26H21F2N3O4S/c27-17-6-5-14-16(21(17)28)12-36-19-4-2-1-3-15(19)22(14)31-20-11-35-26(8-9-26)13-29(20)25(34)23-24(33)18(32)7-10-30(23)31/h1-7,10,20,22,33H,8-9,11-13H2/t20-,22-/m1/s1. The van der Waals surface area contributed by atoms with E-state index in [9.17, 15) is 19.1 Å². The van der Waals surface area contributed by atoms with Crippen molar-refractivity contribution >= 4 is 17.7 Å². The number of rotatable bonds is 1. The van der Waals surface area contributed by atoms with Crippen molar-refractivity contribution in [2.24, 2.45) is 0 Å². The number of ether oxygens (including phenoxy) is 1. The third kappa shape index (κ3) is 3.00. The minimum absolute atomic E-state index is 0.144. The zero-order chi connectivity index (χ0) is 24.8. The lowest BCUT2D eigenvalue weighted by Gasteiger charge is -2.53. The monoisotopic (exact) mass is 509 g/mol. The highest BCUT2D eigenvalue weighted by molar-refractivity contribution is 7.98. The van der Waals surface area contributed by atoms with Gasteiger partial charge in [-0.2, -0.15) is 0 Å². The molecule has 3 aliphatic heterocycles. The lowest BCUT2D eigenvalue weighted by Crippen LogP contribution is -2.68. The van der Waals surface area contributed by atoms with E-state index in [1.807, 2.05) is 29.3 Å². The summed E-state index contributed by atoms with van der Waals surface area (Å²) in [6.07, 6.45) is 2.51. The lowest BCUT2D eigenvalue weighted by atomic mass is 9.93. The number of morpholine rings is 1. The maximum absolute atomic E-state index is 15.2. The fourth-order valence-corrected chi connectivity index (χ4v) is 6.72. The van der Waals surface area contributed by atoms with Gasteiger partial charge in [-0.1, -0.05) is 24.3 Å². The van der Waals surface area contributed by atoms with Gasteiger partial charge in [-0.15, -0.1) is 11.8 Å². The number of aromatic hydroxyl groups is 1. The molecule has 1 aromatic heterocycles. The second-order valence-corrected chi connectivity index (χ2v) is 10.7. The molecule has 36 heavy (non-hydrogen) atoms. The van der Waals surface area contributed by atoms with E-state index in [-0.39, 0.29) is 23.6 Å². The molecule has 1 aliphatic carbocycles. The second kappa shape index (κ2) is 7.57. The maximum atomic E-state index is 15.2. The number of hydrogen-bond acceptors (Lipinski definition) is 6. The molecule has 1 N–H and O–H groups in total. The summed E-state index contributed by atoms with van der Waals surface area (Å²) >= 11 is 1.42. The van der Waals surface area contributed by atoms with Gasteiger partial charge >= 0.3 is 0 Å². The number of pyridine rings is 1. The highest BCUT2D eigenvalue weighted by Gasteiger charge is 2.55. The second-order valence-electron chi connectivity index (χ2n) is 9.67. The minimum Gasteiger partial charge on any atom is -0.502 e. The first-order valence-corrected chi connectivity index (χ1v) is 12.7. The number of aromatic nitrogens is 1. The molecule has 0 bridgehead atoms. The summed E-state index contributed by atoms with van der Waals surface area (Å²) in [5.41, 5.74) is 0.429. The van der Waals surface area contributed by atoms with E-state index < -0.39 is 46.5 Å². The molecule has 1 spiro atoms. The van der Waals surface area contributed by atoms with Crippen LogP contribution in [0, 0.1) is 11.6 Å². The van der Waals surface area contributed by atoms with E-state index in [0.29, 0.717) is 12.1 Å². The van der Waals surface area contributed by atoms with Gasteiger partial charge in [-0.25, -0.2) is 8.78 Å². The van der Waals surface area contributed by atoms with Gasteiger partial charge in [0.05, 0.1) is 24.8 Å². The van der Waals surface area contributed by atoms with Crippen molar-refractivity contribution in [1.29, 1.82) is 0 Å². The Kier molecular flexibility index (Phi) is 4.60. The van der Waals surface area contributed by atoms with Gasteiger partial charge < -0.3 is 14.7 Å². The summed E-state index contributed by atoms with van der Waals surface area (Å²) in [4.78, 5) is 28.6. The Morgan fingerprint density at radius 3 is 2.67 bits per heavy atom. The molecule has 3 aromatic rings. The Bertz CT molecular complexity index is 1500. The molecule has 1 saturated carbocycles. The van der Waals surface area contributed by atoms with Crippen LogP contribution in [0.2, 0.25) is 0 Å². The third-order valence-electron chi connectivity index (χ3n) is 7.61. The summed E-state index contributed by atoms with van der Waals surface area (Å²) in [7, 11) is 0. The number of halogens is 2. The molecule has 0 radical (unpaired) electrons. The Morgan fingerprint density at radius 2 is 1.86 bits per heavy atom. The predicted molar refractivity (Wildman–Crippen MR) is 128 cm³/mol. The SMILES string of the molecule is O=C1c2c(O)c(=O)ccn2N([C@H]2c3ccccc3SCc3c2ccc(F)c3F)[C@@H]2COC3(CC3)CN12. The molecule has 10 heteroatoms. The van der Waals surface area contributed by atoms with Gasteiger partial charge in [0.25, 0.3) is 5.91 Å². The van der Waals surface area contributed by atoms with Crippen LogP contribution in [-0.4, -0.2) is 45.5 Å². The number of thioether (sulfide) groups is 1. The number of carbonyl (C=O) groups is 1. The summed E-state index contributed by atoms with van der Waals surface area (Å²) in [5, 5.41) is 12.6. The van der Waals surface area contributed by atoms with Crippen LogP contribution < -0.4 is 10.4 Å². The Hall–Kier alpha value is -3.37. The van der Waals surface area contributed by atoms with Crippen LogP contribution in [0.15, 0.2) is 58.4 Å². The van der Waals surface area contributed by atoms with E-state index >= 15 is 4.39 Å². The van der Waals surface area contributed by atoms with Crippen molar-refractivity contribution in [2.75, 3.05) is 18.2 Å². The van der Waals surface area contributed by atoms with Crippen LogP contribution in [0.1, 0.15) is 46.1 Å². The minimum atomic E-state index is -0.923. The van der Waals surface area contributed by atoms with Crippen LogP contribution >= 0.6 is 11.8 Å². The number of fused-ring (bicyclic) bond motifs is 4. The number of amides is 1. The fraction of sp³-hybridized carbons (Fsp3) is 0.308. The third-order valence-corrected chi connectivity index (χ3v) is 8.73. The maximum Gasteiger partial charge on any atom is 0.278 e. The van der Waals surface area contributed by atoms with Crippen molar-refractivity contribution in [2.45, 2.75) is 41.3 Å². The van der Waals surface area contributed by atoms with Crippen molar-refractivity contribution in [1.82, 2.24) is 9.58 Å². The molecular weight excluding hydrogens is 488 g/mol. The fourth-order valence-electron chi connectivity index (χ4n) is 5.61. The van der Waals surface area contributed by atoms with Crippen molar-refractivity contribution in [3.63, 3.8) is 0 Å². The Balaban J connectivity index is 1.51. The first kappa shape index (κ1) is 21.9. The smallest absolute Gasteiger partial charge is 0.278 e. The molecule has 184 valence electrons. The largest absolute Gasteiger partial charge is 0.502 e. The average molecular weight is 510 g/mol. The molecule has 0 unspecified atom stereocenters. The molecule has 7 rings (SSSR count). The zero-order valence-corrected chi connectivity index (χ0v) is 19.8. The molecule has 4 aliphatic rings. The Labute approximate surface area is 208 Å². The van der Waals surface area contributed by atoms with E-state index in [0.717, 1.165) is 29.4 Å². The quantitative estimate of drug-likeness (QED) is 0.541. The number of nitrogens with zero attached hydrogens (tertiary/aromatic N) is 3. The topological polar surface area (TPSA) is 75.0 Å². The van der Waals surface area contributed by atoms with Crippen molar-refractivity contribution in [3.05, 3.63) is 92.9 Å². The van der Waals surface area contributed by atoms with Gasteiger partial charge in [0.1, 0.15) is 6.17 Å². The molecular formula is C26H21F2N3O4S. The van der Waals surface area contributed by atoms with Crippen molar-refractivity contribution < 1.29 is 23.4 Å². The summed E-state index contributed by atoms with van der Waals surface area (Å²) in [6, 6.07) is 10.9. The highest BCUT2D eigenvalue weighted by Crippen LogP contribution is 2.48. The van der Waals surface area contributed by atoms with Crippen LogP contribution in [0.25, 0.3) is 0 Å². The van der Waals surface area contributed by atoms with Crippen LogP contribution in [0.5, 0.6) is 5.75 Å². The first-order valence-electron chi connectivity index (χ1n) is 11.8. The summed E-state index contributed by atoms with van der Waals surface area (Å²) in [5.74, 6) is -2.68. The van der Waals surface area contributed by atoms with Gasteiger partial charge in [-0.3, -0.25) is 19.3 Å². The van der Waals surface area contributed by atoms with Gasteiger partial charge in [0, 0.05) is 28.5 Å². The molecule has 1 saturated heterocycles. The lowest BCUT2D eigenvalue weighted by molar-refractivity contribution is -0.0790. The molecule has 2 fully saturated rings. The van der Waals surface area contributed by atoms with Gasteiger partial charge in [-0.05, 0) is 36.1 Å². The normalized spacial score (nSPS) is 23.4. The van der Waals surface area contributed by atoms with Crippen LogP contribution in [0.3, 0.4) is 0 Å². The van der Waals surface area contributed by atoms with E-state index in [1.54, 1.807) is 11.0 Å². The van der Waals surface area contributed by atoms with Gasteiger partial charge in [0.2, 0.25) is 5.43 Å². The Morgan fingerprint density at radius 1 is 1.06 bits per heavy atom. The van der Waals surface area contributed by atoms with Crippen LogP contribution in [-0.2, 0) is 10.5 Å². The zero-order valence-electron chi connectivity index (χ0n) is 19.0. The summed E-state index contributed by atoms with van der Waals surface area (Å²) < 4.78 is 37.2.